The largest absolute Gasteiger partial charge is 0.439 e. The molecule has 0 amide bonds. The molecule has 0 saturated carbocycles. The van der Waals surface area contributed by atoms with E-state index in [0.29, 0.717) is 0 Å². The number of nitrogens with zero attached hydrogens (tertiary/aromatic N) is 3. The van der Waals surface area contributed by atoms with E-state index < -0.39 is 0 Å². The number of hydrogen-bond donors (Lipinski definition) is 1. The van der Waals surface area contributed by atoms with Gasteiger partial charge in [-0.15, -0.1) is 0 Å². The summed E-state index contributed by atoms with van der Waals surface area (Å²) in [6, 6.07) is 8.25. The Balaban J connectivity index is 1.57. The molecule has 1 aliphatic rings. The first-order valence-corrected chi connectivity index (χ1v) is 8.58. The first-order chi connectivity index (χ1) is 10.7. The molecule has 1 aromatic carbocycles. The van der Waals surface area contributed by atoms with Gasteiger partial charge in [0, 0.05) is 41.9 Å². The highest BCUT2D eigenvalue weighted by atomic mass is 127. The SMILES string of the molecule is OCCN1CCN(Cc2ncc(-c3ccc(I)cc3)o2)CC1. The first kappa shape index (κ1) is 15.9. The van der Waals surface area contributed by atoms with Crippen molar-refractivity contribution in [3.63, 3.8) is 0 Å². The van der Waals surface area contributed by atoms with Crippen LogP contribution in [0.5, 0.6) is 0 Å². The van der Waals surface area contributed by atoms with Gasteiger partial charge in [-0.05, 0) is 34.7 Å². The number of β-amino-alcohol motifs (C(OH)–C–C–N with tert-alkyl or cyclic N) is 1. The number of oxazole rings is 1. The summed E-state index contributed by atoms with van der Waals surface area (Å²) in [5.74, 6) is 1.59. The van der Waals surface area contributed by atoms with Gasteiger partial charge in [0.1, 0.15) is 0 Å². The van der Waals surface area contributed by atoms with Gasteiger partial charge in [0.15, 0.2) is 5.76 Å². The maximum absolute atomic E-state index is 8.97. The predicted octanol–water partition coefficient (Wildman–Crippen LogP) is 2.06. The lowest BCUT2D eigenvalue weighted by Crippen LogP contribution is -2.46. The number of piperazine rings is 1. The number of hydrogen-bond acceptors (Lipinski definition) is 5. The Morgan fingerprint density at radius 1 is 1.09 bits per heavy atom. The van der Waals surface area contributed by atoms with E-state index >= 15 is 0 Å². The molecule has 3 rings (SSSR count). The van der Waals surface area contributed by atoms with Gasteiger partial charge in [-0.25, -0.2) is 4.98 Å². The van der Waals surface area contributed by atoms with Crippen LogP contribution in [0.1, 0.15) is 5.89 Å². The van der Waals surface area contributed by atoms with Crippen LogP contribution in [0.3, 0.4) is 0 Å². The van der Waals surface area contributed by atoms with Gasteiger partial charge in [-0.1, -0.05) is 12.1 Å². The van der Waals surface area contributed by atoms with Crippen molar-refractivity contribution in [2.45, 2.75) is 6.54 Å². The van der Waals surface area contributed by atoms with Crippen molar-refractivity contribution in [3.8, 4) is 11.3 Å². The van der Waals surface area contributed by atoms with Gasteiger partial charge in [0.2, 0.25) is 5.89 Å². The number of benzene rings is 1. The van der Waals surface area contributed by atoms with E-state index in [9.17, 15) is 0 Å². The summed E-state index contributed by atoms with van der Waals surface area (Å²) in [7, 11) is 0. The zero-order valence-electron chi connectivity index (χ0n) is 12.4. The minimum Gasteiger partial charge on any atom is -0.439 e. The van der Waals surface area contributed by atoms with Crippen LogP contribution in [0.25, 0.3) is 11.3 Å². The standard InChI is InChI=1S/C16H20IN3O2/c17-14-3-1-13(2-4-14)15-11-18-16(22-15)12-20-7-5-19(6-8-20)9-10-21/h1-4,11,21H,5-10,12H2. The molecule has 1 fully saturated rings. The smallest absolute Gasteiger partial charge is 0.209 e. The summed E-state index contributed by atoms with van der Waals surface area (Å²) in [6.07, 6.45) is 1.81. The highest BCUT2D eigenvalue weighted by molar-refractivity contribution is 14.1. The Kier molecular flexibility index (Phi) is 5.46. The monoisotopic (exact) mass is 413 g/mol. The summed E-state index contributed by atoms with van der Waals surface area (Å²) in [6.45, 7) is 5.71. The second-order valence-electron chi connectivity index (χ2n) is 5.47. The van der Waals surface area contributed by atoms with E-state index in [1.807, 2.05) is 0 Å². The molecular weight excluding hydrogens is 393 g/mol. The van der Waals surface area contributed by atoms with Gasteiger partial charge in [0.25, 0.3) is 0 Å². The topological polar surface area (TPSA) is 52.7 Å². The molecule has 0 atom stereocenters. The summed E-state index contributed by atoms with van der Waals surface area (Å²) in [5.41, 5.74) is 1.06. The Morgan fingerprint density at radius 2 is 1.77 bits per heavy atom. The second-order valence-corrected chi connectivity index (χ2v) is 6.71. The Labute approximate surface area is 144 Å². The fourth-order valence-corrected chi connectivity index (χ4v) is 2.99. The highest BCUT2D eigenvalue weighted by Gasteiger charge is 2.18. The minimum atomic E-state index is 0.235. The van der Waals surface area contributed by atoms with Crippen molar-refractivity contribution in [1.29, 1.82) is 0 Å². The lowest BCUT2D eigenvalue weighted by molar-refractivity contribution is 0.103. The third-order valence-electron chi connectivity index (χ3n) is 3.92. The first-order valence-electron chi connectivity index (χ1n) is 7.51. The van der Waals surface area contributed by atoms with Crippen molar-refractivity contribution >= 4 is 22.6 Å². The molecule has 6 heteroatoms. The molecule has 5 nitrogen and oxygen atoms in total. The third kappa shape index (κ3) is 4.07. The maximum Gasteiger partial charge on any atom is 0.209 e. The van der Waals surface area contributed by atoms with E-state index in [1.165, 1.54) is 3.57 Å². The van der Waals surface area contributed by atoms with Crippen molar-refractivity contribution in [2.24, 2.45) is 0 Å². The molecule has 1 aromatic heterocycles. The zero-order chi connectivity index (χ0) is 15.4. The zero-order valence-corrected chi connectivity index (χ0v) is 14.6. The van der Waals surface area contributed by atoms with E-state index in [0.717, 1.165) is 56.5 Å². The van der Waals surface area contributed by atoms with Gasteiger partial charge < -0.3 is 9.52 Å². The van der Waals surface area contributed by atoms with E-state index in [2.05, 4.69) is 61.6 Å². The molecule has 1 aliphatic heterocycles. The van der Waals surface area contributed by atoms with E-state index in [4.69, 9.17) is 9.52 Å². The van der Waals surface area contributed by atoms with Crippen LogP contribution in [0.4, 0.5) is 0 Å². The van der Waals surface area contributed by atoms with Crippen molar-refractivity contribution in [1.82, 2.24) is 14.8 Å². The van der Waals surface area contributed by atoms with Gasteiger partial charge in [-0.2, -0.15) is 0 Å². The lowest BCUT2D eigenvalue weighted by atomic mass is 10.2. The van der Waals surface area contributed by atoms with Crippen molar-refractivity contribution < 1.29 is 9.52 Å². The van der Waals surface area contributed by atoms with Crippen LogP contribution in [0.2, 0.25) is 0 Å². The Morgan fingerprint density at radius 3 is 2.45 bits per heavy atom. The predicted molar refractivity (Wildman–Crippen MR) is 93.5 cm³/mol. The fraction of sp³-hybridized carbons (Fsp3) is 0.438. The third-order valence-corrected chi connectivity index (χ3v) is 4.64. The average molecular weight is 413 g/mol. The quantitative estimate of drug-likeness (QED) is 0.761. The number of aliphatic hydroxyl groups is 1. The average Bonchev–Trinajstić information content (AvgIpc) is 2.99. The molecule has 2 aromatic rings. The molecule has 0 spiro atoms. The van der Waals surface area contributed by atoms with Gasteiger partial charge in [0.05, 0.1) is 19.3 Å². The lowest BCUT2D eigenvalue weighted by Gasteiger charge is -2.33. The van der Waals surface area contributed by atoms with Gasteiger partial charge >= 0.3 is 0 Å². The molecular formula is C16H20IN3O2. The number of rotatable bonds is 5. The molecule has 0 aliphatic carbocycles. The minimum absolute atomic E-state index is 0.235. The van der Waals surface area contributed by atoms with Crippen LogP contribution in [-0.2, 0) is 6.54 Å². The van der Waals surface area contributed by atoms with E-state index in [1.54, 1.807) is 6.20 Å². The summed E-state index contributed by atoms with van der Waals surface area (Å²) < 4.78 is 7.09. The molecule has 22 heavy (non-hydrogen) atoms. The Hall–Kier alpha value is -0.960. The van der Waals surface area contributed by atoms with Crippen molar-refractivity contribution in [3.05, 3.63) is 39.9 Å². The van der Waals surface area contributed by atoms with Crippen LogP contribution >= 0.6 is 22.6 Å². The second kappa shape index (κ2) is 7.54. The fourth-order valence-electron chi connectivity index (χ4n) is 2.63. The highest BCUT2D eigenvalue weighted by Crippen LogP contribution is 2.22. The van der Waals surface area contributed by atoms with Gasteiger partial charge in [-0.3, -0.25) is 9.80 Å². The summed E-state index contributed by atoms with van der Waals surface area (Å²) in [4.78, 5) is 9.03. The van der Waals surface area contributed by atoms with Crippen molar-refractivity contribution in [2.75, 3.05) is 39.3 Å². The molecule has 1 saturated heterocycles. The molecule has 118 valence electrons. The van der Waals surface area contributed by atoms with Crippen LogP contribution in [-0.4, -0.2) is 59.2 Å². The van der Waals surface area contributed by atoms with Crippen LogP contribution in [0.15, 0.2) is 34.9 Å². The normalized spacial score (nSPS) is 17.0. The summed E-state index contributed by atoms with van der Waals surface area (Å²) >= 11 is 2.29. The van der Waals surface area contributed by atoms with Crippen LogP contribution < -0.4 is 0 Å². The molecule has 0 bridgehead atoms. The van der Waals surface area contributed by atoms with E-state index in [-0.39, 0.29) is 6.61 Å². The number of aliphatic hydroxyl groups excluding tert-OH is 1. The maximum atomic E-state index is 8.97. The molecule has 2 heterocycles. The molecule has 1 N–H and O–H groups in total. The Bertz CT molecular complexity index is 592. The number of aromatic nitrogens is 1. The molecule has 0 unspecified atom stereocenters. The molecule has 0 radical (unpaired) electrons. The summed E-state index contributed by atoms with van der Waals surface area (Å²) in [5, 5.41) is 8.97. The number of halogens is 1. The van der Waals surface area contributed by atoms with Crippen LogP contribution in [0, 0.1) is 3.57 Å².